The summed E-state index contributed by atoms with van der Waals surface area (Å²) in [4.78, 5) is 18.3. The highest BCUT2D eigenvalue weighted by Crippen LogP contribution is 2.39. The Bertz CT molecular complexity index is 1360. The lowest BCUT2D eigenvalue weighted by molar-refractivity contribution is -0.120. The second-order valence-corrected chi connectivity index (χ2v) is 9.80. The summed E-state index contributed by atoms with van der Waals surface area (Å²) in [7, 11) is 0. The third kappa shape index (κ3) is 3.98. The zero-order valence-corrected chi connectivity index (χ0v) is 19.7. The zero-order chi connectivity index (χ0) is 23.1. The van der Waals surface area contributed by atoms with Crippen LogP contribution in [0.15, 0.2) is 24.3 Å². The van der Waals surface area contributed by atoms with Crippen molar-refractivity contribution in [2.24, 2.45) is 0 Å². The van der Waals surface area contributed by atoms with Crippen LogP contribution in [0.4, 0.5) is 4.39 Å². The van der Waals surface area contributed by atoms with Gasteiger partial charge in [-0.05, 0) is 87.3 Å². The van der Waals surface area contributed by atoms with Gasteiger partial charge in [0.1, 0.15) is 17.0 Å². The number of ether oxygens (including phenoxy) is 1. The third-order valence-corrected chi connectivity index (χ3v) is 7.43. The number of carbonyl (C=O) groups excluding carboxylic acids is 1. The van der Waals surface area contributed by atoms with Gasteiger partial charge in [0.15, 0.2) is 5.75 Å². The molecule has 1 fully saturated rings. The molecule has 3 heterocycles. The van der Waals surface area contributed by atoms with Crippen LogP contribution in [-0.4, -0.2) is 46.2 Å². The lowest BCUT2D eigenvalue weighted by atomic mass is 9.91. The minimum absolute atomic E-state index is 0.0818. The van der Waals surface area contributed by atoms with E-state index in [1.165, 1.54) is 6.07 Å². The van der Waals surface area contributed by atoms with Gasteiger partial charge in [-0.2, -0.15) is 5.10 Å². The summed E-state index contributed by atoms with van der Waals surface area (Å²) in [5, 5.41) is 9.99. The highest BCUT2D eigenvalue weighted by atomic mass is 32.1. The van der Waals surface area contributed by atoms with Gasteiger partial charge >= 0.3 is 0 Å². The molecule has 0 atom stereocenters. The molecule has 0 amide bonds. The highest BCUT2D eigenvalue weighted by Gasteiger charge is 2.27. The number of nitrogens with zero attached hydrogens (tertiary/aromatic N) is 4. The molecule has 2 aromatic heterocycles. The van der Waals surface area contributed by atoms with Crippen LogP contribution in [0, 0.1) is 19.7 Å². The number of hydrogen-bond acceptors (Lipinski definition) is 7. The fourth-order valence-corrected chi connectivity index (χ4v) is 5.72. The van der Waals surface area contributed by atoms with Gasteiger partial charge < -0.3 is 9.64 Å². The van der Waals surface area contributed by atoms with Gasteiger partial charge in [0.05, 0.1) is 20.6 Å². The number of aromatic nitrogens is 3. The first kappa shape index (κ1) is 21.9. The second kappa shape index (κ2) is 8.76. The average molecular weight is 465 g/mol. The Hall–Kier alpha value is -2.97. The van der Waals surface area contributed by atoms with Gasteiger partial charge in [0.2, 0.25) is 0 Å². The summed E-state index contributed by atoms with van der Waals surface area (Å²) in [5.74, 6) is -0.197. The van der Waals surface area contributed by atoms with E-state index in [2.05, 4.69) is 27.0 Å². The lowest BCUT2D eigenvalue weighted by Crippen LogP contribution is -2.33. The fraction of sp³-hybridized carbons (Fsp3) is 0.360. The number of thiazole rings is 1. The molecule has 0 aliphatic carbocycles. The number of rotatable bonds is 5. The van der Waals surface area contributed by atoms with Crippen LogP contribution in [0.1, 0.15) is 41.9 Å². The standard InChI is InChI=1S/C25H25FN4O2S/c1-4-30-7-5-16(6-8-30)24-25(32-13-31)22-19(26)10-18(11-20(22)28-29-24)17-9-14(2)23-21(12-17)33-15(3)27-23/h9-13,16H,4-8H2,1-3H3. The first-order valence-electron chi connectivity index (χ1n) is 11.2. The molecule has 0 saturated carbocycles. The highest BCUT2D eigenvalue weighted by molar-refractivity contribution is 7.18. The van der Waals surface area contributed by atoms with Crippen LogP contribution in [0.25, 0.3) is 32.2 Å². The molecule has 5 rings (SSSR count). The normalized spacial score (nSPS) is 15.4. The molecule has 1 saturated heterocycles. The van der Waals surface area contributed by atoms with E-state index in [0.29, 0.717) is 23.2 Å². The van der Waals surface area contributed by atoms with Crippen molar-refractivity contribution in [2.45, 2.75) is 39.5 Å². The van der Waals surface area contributed by atoms with E-state index in [4.69, 9.17) is 4.74 Å². The summed E-state index contributed by atoms with van der Waals surface area (Å²) in [5.41, 5.74) is 4.54. The maximum absolute atomic E-state index is 15.5. The molecule has 33 heavy (non-hydrogen) atoms. The number of halogens is 1. The Morgan fingerprint density at radius 2 is 1.91 bits per heavy atom. The summed E-state index contributed by atoms with van der Waals surface area (Å²) >= 11 is 1.62. The van der Waals surface area contributed by atoms with Crippen LogP contribution >= 0.6 is 11.3 Å². The molecule has 1 aliphatic rings. The Labute approximate surface area is 195 Å². The maximum Gasteiger partial charge on any atom is 0.298 e. The molecule has 1 aliphatic heterocycles. The van der Waals surface area contributed by atoms with Crippen LogP contribution in [0.2, 0.25) is 0 Å². The third-order valence-electron chi connectivity index (χ3n) is 6.51. The molecule has 0 unspecified atom stereocenters. The number of benzene rings is 2. The lowest BCUT2D eigenvalue weighted by Gasteiger charge is -2.31. The topological polar surface area (TPSA) is 68.2 Å². The van der Waals surface area contributed by atoms with Crippen molar-refractivity contribution in [1.29, 1.82) is 0 Å². The van der Waals surface area contributed by atoms with Crippen molar-refractivity contribution in [1.82, 2.24) is 20.1 Å². The summed E-state index contributed by atoms with van der Waals surface area (Å²) in [6.07, 6.45) is 1.74. The van der Waals surface area contributed by atoms with Crippen molar-refractivity contribution in [3.63, 3.8) is 0 Å². The molecular formula is C25H25FN4O2S. The van der Waals surface area contributed by atoms with E-state index in [1.54, 1.807) is 17.4 Å². The maximum atomic E-state index is 15.5. The Morgan fingerprint density at radius 3 is 2.64 bits per heavy atom. The zero-order valence-electron chi connectivity index (χ0n) is 18.9. The first-order chi connectivity index (χ1) is 16.0. The fourth-order valence-electron chi connectivity index (χ4n) is 4.78. The van der Waals surface area contributed by atoms with Gasteiger partial charge in [-0.25, -0.2) is 9.37 Å². The van der Waals surface area contributed by atoms with E-state index in [1.807, 2.05) is 26.0 Å². The predicted octanol–water partition coefficient (Wildman–Crippen LogP) is 5.40. The van der Waals surface area contributed by atoms with Gasteiger partial charge in [-0.15, -0.1) is 16.4 Å². The molecule has 170 valence electrons. The molecule has 8 heteroatoms. The van der Waals surface area contributed by atoms with Crippen LogP contribution in [0.5, 0.6) is 5.75 Å². The number of hydrogen-bond donors (Lipinski definition) is 0. The van der Waals surface area contributed by atoms with Gasteiger partial charge in [-0.1, -0.05) is 6.92 Å². The summed E-state index contributed by atoms with van der Waals surface area (Å²) < 4.78 is 21.9. The van der Waals surface area contributed by atoms with E-state index >= 15 is 4.39 Å². The van der Waals surface area contributed by atoms with Crippen LogP contribution in [0.3, 0.4) is 0 Å². The van der Waals surface area contributed by atoms with Crippen molar-refractivity contribution in [2.75, 3.05) is 19.6 Å². The van der Waals surface area contributed by atoms with Crippen molar-refractivity contribution in [3.05, 3.63) is 46.3 Å². The van der Waals surface area contributed by atoms with Gasteiger partial charge in [-0.3, -0.25) is 4.79 Å². The molecular weight excluding hydrogens is 439 g/mol. The van der Waals surface area contributed by atoms with Crippen molar-refractivity contribution >= 4 is 38.9 Å². The van der Waals surface area contributed by atoms with Gasteiger partial charge in [0, 0.05) is 5.92 Å². The largest absolute Gasteiger partial charge is 0.426 e. The number of likely N-dealkylation sites (tertiary alicyclic amines) is 1. The number of carbonyl (C=O) groups is 1. The number of aryl methyl sites for hydroxylation is 2. The second-order valence-electron chi connectivity index (χ2n) is 8.56. The molecule has 6 nitrogen and oxygen atoms in total. The van der Waals surface area contributed by atoms with E-state index in [0.717, 1.165) is 58.8 Å². The molecule has 4 aromatic rings. The quantitative estimate of drug-likeness (QED) is 0.369. The molecule has 0 spiro atoms. The SMILES string of the molecule is CCN1CCC(c2nnc3cc(-c4cc(C)c5nc(C)sc5c4)cc(F)c3c2OC=O)CC1. The van der Waals surface area contributed by atoms with E-state index < -0.39 is 5.82 Å². The van der Waals surface area contributed by atoms with Gasteiger partial charge in [0.25, 0.3) is 6.47 Å². The molecule has 0 N–H and O–H groups in total. The van der Waals surface area contributed by atoms with Crippen LogP contribution in [-0.2, 0) is 4.79 Å². The summed E-state index contributed by atoms with van der Waals surface area (Å²) in [6.45, 7) is 9.33. The minimum Gasteiger partial charge on any atom is -0.426 e. The van der Waals surface area contributed by atoms with Crippen molar-refractivity contribution in [3.8, 4) is 16.9 Å². The van der Waals surface area contributed by atoms with Crippen LogP contribution < -0.4 is 4.74 Å². The minimum atomic E-state index is -0.472. The number of fused-ring (bicyclic) bond motifs is 2. The smallest absolute Gasteiger partial charge is 0.298 e. The monoisotopic (exact) mass is 464 g/mol. The predicted molar refractivity (Wildman–Crippen MR) is 128 cm³/mol. The Morgan fingerprint density at radius 1 is 1.15 bits per heavy atom. The first-order valence-corrected chi connectivity index (χ1v) is 12.0. The molecule has 2 aromatic carbocycles. The average Bonchev–Trinajstić information content (AvgIpc) is 3.20. The number of piperidine rings is 1. The Balaban J connectivity index is 1.61. The van der Waals surface area contributed by atoms with Crippen molar-refractivity contribution < 1.29 is 13.9 Å². The molecule has 0 bridgehead atoms. The summed E-state index contributed by atoms with van der Waals surface area (Å²) in [6, 6.07) is 7.33. The van der Waals surface area contributed by atoms with E-state index in [-0.39, 0.29) is 17.1 Å². The van der Waals surface area contributed by atoms with E-state index in [9.17, 15) is 4.79 Å². The molecule has 0 radical (unpaired) electrons. The Kier molecular flexibility index (Phi) is 5.80.